The average Bonchev–Trinajstić information content (AvgIpc) is 2.47. The van der Waals surface area contributed by atoms with Crippen molar-refractivity contribution in [2.45, 2.75) is 32.4 Å². The predicted octanol–water partition coefficient (Wildman–Crippen LogP) is 0.355. The summed E-state index contributed by atoms with van der Waals surface area (Å²) in [5, 5.41) is 5.87. The van der Waals surface area contributed by atoms with Gasteiger partial charge >= 0.3 is 0 Å². The topological polar surface area (TPSA) is 110 Å². The molecule has 0 fully saturated rings. The first-order valence-electron chi connectivity index (χ1n) is 7.05. The van der Waals surface area contributed by atoms with Crippen molar-refractivity contribution in [3.8, 4) is 0 Å². The number of nitrogens with two attached hydrogens (primary N) is 1. The van der Waals surface area contributed by atoms with Gasteiger partial charge < -0.3 is 11.1 Å². The maximum atomic E-state index is 12.3. The Morgan fingerprint density at radius 3 is 2.48 bits per heavy atom. The van der Waals surface area contributed by atoms with Crippen LogP contribution in [0.5, 0.6) is 0 Å². The fourth-order valence-electron chi connectivity index (χ4n) is 2.03. The summed E-state index contributed by atoms with van der Waals surface area (Å²) in [6, 6.07) is 6.59. The van der Waals surface area contributed by atoms with E-state index in [1.165, 1.54) is 0 Å². The summed E-state index contributed by atoms with van der Waals surface area (Å²) in [6.07, 6.45) is 0.0876. The van der Waals surface area contributed by atoms with Crippen molar-refractivity contribution >= 4 is 29.1 Å². The molecule has 2 rings (SSSR count). The number of fused-ring (bicyclic) bond motifs is 1. The van der Waals surface area contributed by atoms with Crippen LogP contribution in [-0.4, -0.2) is 27.8 Å². The number of hydrogen-bond donors (Lipinski definition) is 3. The Hall–Kier alpha value is -2.12. The smallest absolute Gasteiger partial charge is 0.273 e. The van der Waals surface area contributed by atoms with Crippen LogP contribution in [0.15, 0.2) is 33.9 Å². The molecule has 8 heteroatoms. The molecular weight excluding hydrogens is 320 g/mol. The molecule has 4 N–H and O–H groups in total. The Balaban J connectivity index is 0.00000264. The van der Waals surface area contributed by atoms with Gasteiger partial charge in [0, 0.05) is 18.5 Å². The molecule has 0 saturated carbocycles. The van der Waals surface area contributed by atoms with E-state index in [1.807, 2.05) is 0 Å². The second kappa shape index (κ2) is 7.43. The zero-order chi connectivity index (χ0) is 16.3. The van der Waals surface area contributed by atoms with Crippen LogP contribution in [0.1, 0.15) is 20.3 Å². The molecular formula is C15H21ClN4O3. The third kappa shape index (κ3) is 4.94. The lowest BCUT2D eigenvalue weighted by molar-refractivity contribution is -0.121. The van der Waals surface area contributed by atoms with E-state index in [2.05, 4.69) is 10.4 Å². The van der Waals surface area contributed by atoms with Crippen molar-refractivity contribution in [3.63, 3.8) is 0 Å². The molecule has 1 aromatic heterocycles. The lowest BCUT2D eigenvalue weighted by Crippen LogP contribution is -2.45. The first-order chi connectivity index (χ1) is 10.3. The Labute approximate surface area is 139 Å². The Morgan fingerprint density at radius 2 is 1.87 bits per heavy atom. The molecule has 126 valence electrons. The number of hydrogen-bond acceptors (Lipinski definition) is 4. The second-order valence-electron chi connectivity index (χ2n) is 5.96. The average molecular weight is 341 g/mol. The van der Waals surface area contributed by atoms with Crippen LogP contribution >= 0.6 is 12.4 Å². The first kappa shape index (κ1) is 18.9. The lowest BCUT2D eigenvalue weighted by atomic mass is 10.1. The van der Waals surface area contributed by atoms with E-state index < -0.39 is 5.54 Å². The first-order valence-corrected chi connectivity index (χ1v) is 7.05. The number of amides is 1. The number of benzene rings is 1. The molecule has 0 unspecified atom stereocenters. The van der Waals surface area contributed by atoms with Gasteiger partial charge in [-0.25, -0.2) is 4.68 Å². The largest absolute Gasteiger partial charge is 0.354 e. The number of carbonyl (C=O) groups excluding carboxylic acids is 1. The number of rotatable bonds is 5. The summed E-state index contributed by atoms with van der Waals surface area (Å²) in [5.41, 5.74) is 4.62. The molecule has 2 aromatic rings. The fourth-order valence-corrected chi connectivity index (χ4v) is 2.03. The van der Waals surface area contributed by atoms with E-state index in [-0.39, 0.29) is 42.4 Å². The standard InChI is InChI=1S/C15H20N4O3.ClH/c1-15(2,16)9-17-12(20)7-8-19-14(22)11-6-4-3-5-10(11)13(21)18-19;/h3-6H,7-9,16H2,1-2H3,(H,17,20)(H,18,21);1H. The summed E-state index contributed by atoms with van der Waals surface area (Å²) in [6.45, 7) is 4.06. The summed E-state index contributed by atoms with van der Waals surface area (Å²) < 4.78 is 1.16. The Morgan fingerprint density at radius 1 is 1.26 bits per heavy atom. The number of nitrogens with one attached hydrogen (secondary N) is 2. The normalized spacial score (nSPS) is 11.1. The maximum Gasteiger partial charge on any atom is 0.273 e. The molecule has 1 aromatic carbocycles. The molecule has 0 atom stereocenters. The van der Waals surface area contributed by atoms with E-state index in [4.69, 9.17) is 5.73 Å². The van der Waals surface area contributed by atoms with Crippen molar-refractivity contribution in [3.05, 3.63) is 45.0 Å². The van der Waals surface area contributed by atoms with Gasteiger partial charge in [-0.05, 0) is 26.0 Å². The lowest BCUT2D eigenvalue weighted by Gasteiger charge is -2.18. The van der Waals surface area contributed by atoms with Crippen molar-refractivity contribution in [1.29, 1.82) is 0 Å². The molecule has 0 radical (unpaired) electrons. The van der Waals surface area contributed by atoms with Gasteiger partial charge in [0.15, 0.2) is 0 Å². The van der Waals surface area contributed by atoms with Crippen LogP contribution in [0.4, 0.5) is 0 Å². The minimum atomic E-state index is -0.496. The van der Waals surface area contributed by atoms with Crippen LogP contribution in [-0.2, 0) is 11.3 Å². The molecule has 0 bridgehead atoms. The van der Waals surface area contributed by atoms with E-state index in [1.54, 1.807) is 38.1 Å². The van der Waals surface area contributed by atoms with Gasteiger partial charge in [0.05, 0.1) is 17.3 Å². The molecule has 0 saturated heterocycles. The van der Waals surface area contributed by atoms with Crippen LogP contribution < -0.4 is 22.2 Å². The molecule has 0 aliphatic rings. The summed E-state index contributed by atoms with van der Waals surface area (Å²) in [4.78, 5) is 35.9. The van der Waals surface area contributed by atoms with Crippen molar-refractivity contribution in [2.75, 3.05) is 6.54 Å². The van der Waals surface area contributed by atoms with Crippen molar-refractivity contribution < 1.29 is 4.79 Å². The molecule has 0 spiro atoms. The number of carbonyl (C=O) groups is 1. The summed E-state index contributed by atoms with van der Waals surface area (Å²) >= 11 is 0. The van der Waals surface area contributed by atoms with E-state index in [0.717, 1.165) is 4.68 Å². The van der Waals surface area contributed by atoms with Crippen LogP contribution in [0, 0.1) is 0 Å². The third-order valence-corrected chi connectivity index (χ3v) is 3.19. The fraction of sp³-hybridized carbons (Fsp3) is 0.400. The minimum Gasteiger partial charge on any atom is -0.354 e. The zero-order valence-corrected chi connectivity index (χ0v) is 13.9. The van der Waals surface area contributed by atoms with Gasteiger partial charge in [-0.2, -0.15) is 0 Å². The highest BCUT2D eigenvalue weighted by Gasteiger charge is 2.13. The monoisotopic (exact) mass is 340 g/mol. The Bertz CT molecular complexity index is 805. The van der Waals surface area contributed by atoms with Gasteiger partial charge in [0.25, 0.3) is 11.1 Å². The maximum absolute atomic E-state index is 12.3. The Kier molecular flexibility index (Phi) is 6.12. The highest BCUT2D eigenvalue weighted by molar-refractivity contribution is 5.85. The molecule has 7 nitrogen and oxygen atoms in total. The molecule has 0 aliphatic heterocycles. The van der Waals surface area contributed by atoms with Gasteiger partial charge in [-0.3, -0.25) is 19.5 Å². The zero-order valence-electron chi connectivity index (χ0n) is 13.1. The third-order valence-electron chi connectivity index (χ3n) is 3.19. The van der Waals surface area contributed by atoms with Crippen LogP contribution in [0.2, 0.25) is 0 Å². The minimum absolute atomic E-state index is 0. The van der Waals surface area contributed by atoms with Gasteiger partial charge in [0.1, 0.15) is 0 Å². The van der Waals surface area contributed by atoms with Crippen LogP contribution in [0.25, 0.3) is 10.8 Å². The van der Waals surface area contributed by atoms with Gasteiger partial charge in [0.2, 0.25) is 5.91 Å². The molecule has 0 aliphatic carbocycles. The van der Waals surface area contributed by atoms with Gasteiger partial charge in [-0.15, -0.1) is 12.4 Å². The number of H-pyrrole nitrogens is 1. The van der Waals surface area contributed by atoms with E-state index in [9.17, 15) is 14.4 Å². The number of aryl methyl sites for hydroxylation is 1. The SMILES string of the molecule is CC(C)(N)CNC(=O)CCn1[nH]c(=O)c2ccccc2c1=O.Cl. The van der Waals surface area contributed by atoms with E-state index >= 15 is 0 Å². The number of halogens is 1. The molecule has 1 heterocycles. The van der Waals surface area contributed by atoms with E-state index in [0.29, 0.717) is 17.3 Å². The predicted molar refractivity (Wildman–Crippen MR) is 92.0 cm³/mol. The second-order valence-corrected chi connectivity index (χ2v) is 5.96. The molecule has 23 heavy (non-hydrogen) atoms. The quantitative estimate of drug-likeness (QED) is 0.729. The number of nitrogens with zero attached hydrogens (tertiary/aromatic N) is 1. The van der Waals surface area contributed by atoms with Crippen molar-refractivity contribution in [2.24, 2.45) is 5.73 Å². The summed E-state index contributed by atoms with van der Waals surface area (Å²) in [7, 11) is 0. The number of aromatic amines is 1. The highest BCUT2D eigenvalue weighted by Crippen LogP contribution is 2.02. The van der Waals surface area contributed by atoms with Crippen LogP contribution in [0.3, 0.4) is 0 Å². The van der Waals surface area contributed by atoms with Crippen molar-refractivity contribution in [1.82, 2.24) is 15.1 Å². The molecule has 1 amide bonds. The van der Waals surface area contributed by atoms with Gasteiger partial charge in [-0.1, -0.05) is 12.1 Å². The highest BCUT2D eigenvalue weighted by atomic mass is 35.5. The number of aromatic nitrogens is 2. The summed E-state index contributed by atoms with van der Waals surface area (Å²) in [5.74, 6) is -0.223.